The van der Waals surface area contributed by atoms with E-state index < -0.39 is 0 Å². The molecule has 146 valence electrons. The number of hydrogen-bond acceptors (Lipinski definition) is 5. The van der Waals surface area contributed by atoms with Gasteiger partial charge in [0.15, 0.2) is 0 Å². The Balaban J connectivity index is 1.75. The summed E-state index contributed by atoms with van der Waals surface area (Å²) in [7, 11) is 0. The lowest BCUT2D eigenvalue weighted by atomic mass is 10.0. The van der Waals surface area contributed by atoms with Crippen molar-refractivity contribution in [2.24, 2.45) is 0 Å². The minimum absolute atomic E-state index is 0.0913. The Hall–Kier alpha value is -1.83. The third-order valence-electron chi connectivity index (χ3n) is 4.69. The predicted molar refractivity (Wildman–Crippen MR) is 105 cm³/mol. The minimum atomic E-state index is -0.267. The molecule has 1 unspecified atom stereocenters. The Labute approximate surface area is 163 Å². The number of halogens is 1. The normalized spacial score (nSPS) is 16.5. The van der Waals surface area contributed by atoms with Gasteiger partial charge in [0.1, 0.15) is 10.7 Å². The maximum atomic E-state index is 13.8. The SMILES string of the molecule is Cc1nc(C(C)C)sc1C(=O)NCC(c1cccc(F)c1)N1CCOCC1. The summed E-state index contributed by atoms with van der Waals surface area (Å²) in [6, 6.07) is 6.51. The van der Waals surface area contributed by atoms with Crippen LogP contribution >= 0.6 is 11.3 Å². The molecule has 1 saturated heterocycles. The van der Waals surface area contributed by atoms with E-state index in [0.717, 1.165) is 29.4 Å². The molecule has 2 aromatic rings. The lowest BCUT2D eigenvalue weighted by molar-refractivity contribution is 0.0162. The molecule has 1 aliphatic heterocycles. The number of carbonyl (C=O) groups excluding carboxylic acids is 1. The van der Waals surface area contributed by atoms with Crippen molar-refractivity contribution in [1.29, 1.82) is 0 Å². The number of carbonyl (C=O) groups is 1. The quantitative estimate of drug-likeness (QED) is 0.819. The fourth-order valence-electron chi connectivity index (χ4n) is 3.21. The summed E-state index contributed by atoms with van der Waals surface area (Å²) in [5, 5.41) is 4.00. The molecule has 7 heteroatoms. The van der Waals surface area contributed by atoms with Crippen molar-refractivity contribution in [1.82, 2.24) is 15.2 Å². The Morgan fingerprint density at radius 3 is 2.74 bits per heavy atom. The molecule has 5 nitrogen and oxygen atoms in total. The molecule has 0 spiro atoms. The number of hydrogen-bond donors (Lipinski definition) is 1. The molecular weight excluding hydrogens is 365 g/mol. The highest BCUT2D eigenvalue weighted by Crippen LogP contribution is 2.25. The third-order valence-corrected chi connectivity index (χ3v) is 6.15. The van der Waals surface area contributed by atoms with Gasteiger partial charge >= 0.3 is 0 Å². The molecule has 1 N–H and O–H groups in total. The van der Waals surface area contributed by atoms with E-state index in [1.54, 1.807) is 12.1 Å². The predicted octanol–water partition coefficient (Wildman–Crippen LogP) is 3.52. The molecule has 0 bridgehead atoms. The Morgan fingerprint density at radius 2 is 2.11 bits per heavy atom. The van der Waals surface area contributed by atoms with E-state index in [1.807, 2.05) is 13.0 Å². The Kier molecular flexibility index (Phi) is 6.57. The van der Waals surface area contributed by atoms with E-state index in [1.165, 1.54) is 17.4 Å². The van der Waals surface area contributed by atoms with E-state index in [4.69, 9.17) is 4.74 Å². The van der Waals surface area contributed by atoms with Gasteiger partial charge in [0.2, 0.25) is 0 Å². The molecule has 27 heavy (non-hydrogen) atoms. The van der Waals surface area contributed by atoms with E-state index >= 15 is 0 Å². The van der Waals surface area contributed by atoms with Gasteiger partial charge in [0, 0.05) is 25.6 Å². The first-order valence-electron chi connectivity index (χ1n) is 9.28. The van der Waals surface area contributed by atoms with Crippen LogP contribution in [0.5, 0.6) is 0 Å². The van der Waals surface area contributed by atoms with Gasteiger partial charge in [-0.15, -0.1) is 11.3 Å². The first kappa shape index (κ1) is 19.9. The Bertz CT molecular complexity index is 787. The molecular formula is C20H26FN3O2S. The van der Waals surface area contributed by atoms with Crippen LogP contribution in [0, 0.1) is 12.7 Å². The van der Waals surface area contributed by atoms with E-state index in [9.17, 15) is 9.18 Å². The van der Waals surface area contributed by atoms with E-state index in [2.05, 4.69) is 29.0 Å². The topological polar surface area (TPSA) is 54.5 Å². The van der Waals surface area contributed by atoms with Gasteiger partial charge in [-0.3, -0.25) is 9.69 Å². The van der Waals surface area contributed by atoms with Crippen LogP contribution in [0.1, 0.15) is 51.7 Å². The zero-order valence-electron chi connectivity index (χ0n) is 16.0. The van der Waals surface area contributed by atoms with Gasteiger partial charge in [-0.25, -0.2) is 9.37 Å². The highest BCUT2D eigenvalue weighted by Gasteiger charge is 2.25. The fraction of sp³-hybridized carbons (Fsp3) is 0.500. The molecule has 3 rings (SSSR count). The molecule has 1 aliphatic rings. The Morgan fingerprint density at radius 1 is 1.37 bits per heavy atom. The van der Waals surface area contributed by atoms with Crippen molar-refractivity contribution >= 4 is 17.2 Å². The summed E-state index contributed by atoms with van der Waals surface area (Å²) in [5.74, 6) is -0.0906. The number of rotatable bonds is 6. The van der Waals surface area contributed by atoms with Gasteiger partial charge < -0.3 is 10.1 Å². The molecule has 0 radical (unpaired) electrons. The standard InChI is InChI=1S/C20H26FN3O2S/c1-13(2)20-23-14(3)18(27-20)19(25)22-12-17(24-7-9-26-10-8-24)15-5-4-6-16(21)11-15/h4-6,11,13,17H,7-10,12H2,1-3H3,(H,22,25). The summed E-state index contributed by atoms with van der Waals surface area (Å²) >= 11 is 1.44. The number of nitrogens with one attached hydrogen (secondary N) is 1. The van der Waals surface area contributed by atoms with Crippen molar-refractivity contribution in [3.05, 3.63) is 51.2 Å². The van der Waals surface area contributed by atoms with Gasteiger partial charge in [0.25, 0.3) is 5.91 Å². The molecule has 0 saturated carbocycles. The number of ether oxygens (including phenoxy) is 1. The largest absolute Gasteiger partial charge is 0.379 e. The van der Waals surface area contributed by atoms with Crippen molar-refractivity contribution in [3.63, 3.8) is 0 Å². The maximum Gasteiger partial charge on any atom is 0.263 e. The molecule has 1 aromatic heterocycles. The van der Waals surface area contributed by atoms with Gasteiger partial charge in [-0.05, 0) is 24.6 Å². The number of morpholine rings is 1. The lowest BCUT2D eigenvalue weighted by Gasteiger charge is -2.34. The summed E-state index contributed by atoms with van der Waals surface area (Å²) < 4.78 is 19.2. The number of aryl methyl sites for hydroxylation is 1. The molecule has 1 aromatic carbocycles. The van der Waals surface area contributed by atoms with Crippen LogP contribution < -0.4 is 5.32 Å². The van der Waals surface area contributed by atoms with Gasteiger partial charge in [-0.2, -0.15) is 0 Å². The summed E-state index contributed by atoms with van der Waals surface area (Å²) in [4.78, 5) is 20.1. The van der Waals surface area contributed by atoms with Crippen molar-refractivity contribution in [3.8, 4) is 0 Å². The number of thiazole rings is 1. The van der Waals surface area contributed by atoms with Crippen molar-refractivity contribution in [2.45, 2.75) is 32.7 Å². The average molecular weight is 392 g/mol. The smallest absolute Gasteiger partial charge is 0.263 e. The molecule has 0 aliphatic carbocycles. The fourth-order valence-corrected chi connectivity index (χ4v) is 4.19. The second-order valence-corrected chi connectivity index (χ2v) is 8.08. The zero-order valence-corrected chi connectivity index (χ0v) is 16.8. The second kappa shape index (κ2) is 8.91. The van der Waals surface area contributed by atoms with Crippen molar-refractivity contribution < 1.29 is 13.9 Å². The summed E-state index contributed by atoms with van der Waals surface area (Å²) in [6.45, 7) is 9.22. The highest BCUT2D eigenvalue weighted by molar-refractivity contribution is 7.13. The van der Waals surface area contributed by atoms with Crippen LogP contribution in [0.15, 0.2) is 24.3 Å². The first-order valence-corrected chi connectivity index (χ1v) is 10.1. The third kappa shape index (κ3) is 4.91. The van der Waals surface area contributed by atoms with Gasteiger partial charge in [0.05, 0.1) is 30.0 Å². The second-order valence-electron chi connectivity index (χ2n) is 7.05. The zero-order chi connectivity index (χ0) is 19.4. The van der Waals surface area contributed by atoms with Crippen LogP contribution in [0.3, 0.4) is 0 Å². The van der Waals surface area contributed by atoms with E-state index in [-0.39, 0.29) is 17.8 Å². The van der Waals surface area contributed by atoms with Gasteiger partial charge in [-0.1, -0.05) is 26.0 Å². The van der Waals surface area contributed by atoms with Crippen LogP contribution in [-0.2, 0) is 4.74 Å². The minimum Gasteiger partial charge on any atom is -0.379 e. The molecule has 2 heterocycles. The molecule has 1 fully saturated rings. The van der Waals surface area contributed by atoms with Crippen LogP contribution in [0.4, 0.5) is 4.39 Å². The number of benzene rings is 1. The number of aromatic nitrogens is 1. The summed E-state index contributed by atoms with van der Waals surface area (Å²) in [6.07, 6.45) is 0. The van der Waals surface area contributed by atoms with Crippen LogP contribution in [-0.4, -0.2) is 48.6 Å². The lowest BCUT2D eigenvalue weighted by Crippen LogP contribution is -2.43. The van der Waals surface area contributed by atoms with E-state index in [0.29, 0.717) is 30.6 Å². The van der Waals surface area contributed by atoms with Crippen LogP contribution in [0.2, 0.25) is 0 Å². The van der Waals surface area contributed by atoms with Crippen LogP contribution in [0.25, 0.3) is 0 Å². The average Bonchev–Trinajstić information content (AvgIpc) is 3.05. The number of nitrogens with zero attached hydrogens (tertiary/aromatic N) is 2. The highest BCUT2D eigenvalue weighted by atomic mass is 32.1. The number of amides is 1. The first-order chi connectivity index (χ1) is 13.0. The monoisotopic (exact) mass is 391 g/mol. The summed E-state index contributed by atoms with van der Waals surface area (Å²) in [5.41, 5.74) is 1.62. The molecule has 1 amide bonds. The molecule has 1 atom stereocenters. The maximum absolute atomic E-state index is 13.8. The van der Waals surface area contributed by atoms with Crippen molar-refractivity contribution in [2.75, 3.05) is 32.8 Å².